The van der Waals surface area contributed by atoms with E-state index >= 15 is 0 Å². The third-order valence-corrected chi connectivity index (χ3v) is 2.76. The molecule has 0 radical (unpaired) electrons. The van der Waals surface area contributed by atoms with Gasteiger partial charge in [-0.1, -0.05) is 30.3 Å². The van der Waals surface area contributed by atoms with Crippen LogP contribution in [0.1, 0.15) is 18.0 Å². The Morgan fingerprint density at radius 2 is 1.74 bits per heavy atom. The second-order valence-corrected chi connectivity index (χ2v) is 4.28. The number of amides is 1. The Hall–Kier alpha value is -2.20. The van der Waals surface area contributed by atoms with Gasteiger partial charge in [-0.25, -0.2) is 4.39 Å². The van der Waals surface area contributed by atoms with Crippen LogP contribution in [0.5, 0.6) is 0 Å². The zero-order valence-electron chi connectivity index (χ0n) is 10.3. The number of halogens is 1. The summed E-state index contributed by atoms with van der Waals surface area (Å²) in [4.78, 5) is 11.8. The first-order valence-electron chi connectivity index (χ1n) is 6.01. The first-order valence-corrected chi connectivity index (χ1v) is 6.01. The fourth-order valence-electron chi connectivity index (χ4n) is 1.76. The van der Waals surface area contributed by atoms with Gasteiger partial charge in [0.05, 0.1) is 0 Å². The molecular weight excluding hydrogens is 243 g/mol. The third-order valence-electron chi connectivity index (χ3n) is 2.76. The molecule has 0 bridgehead atoms. The molecule has 0 aliphatic carbocycles. The van der Waals surface area contributed by atoms with Crippen molar-refractivity contribution in [1.82, 2.24) is 0 Å². The molecule has 0 unspecified atom stereocenters. The van der Waals surface area contributed by atoms with Gasteiger partial charge in [0.15, 0.2) is 0 Å². The Labute approximate surface area is 111 Å². The Bertz CT molecular complexity index is 540. The van der Waals surface area contributed by atoms with Gasteiger partial charge in [0.2, 0.25) is 5.91 Å². The zero-order valence-corrected chi connectivity index (χ0v) is 10.3. The van der Waals surface area contributed by atoms with E-state index in [0.29, 0.717) is 0 Å². The van der Waals surface area contributed by atoms with Crippen molar-refractivity contribution in [2.24, 2.45) is 5.73 Å². The normalized spacial score (nSPS) is 11.9. The molecule has 2 aromatic carbocycles. The van der Waals surface area contributed by atoms with E-state index in [1.54, 1.807) is 24.3 Å². The third kappa shape index (κ3) is 3.89. The van der Waals surface area contributed by atoms with E-state index in [9.17, 15) is 9.18 Å². The average Bonchev–Trinajstić information content (AvgIpc) is 2.40. The van der Waals surface area contributed by atoms with Crippen molar-refractivity contribution in [2.75, 3.05) is 5.32 Å². The van der Waals surface area contributed by atoms with Crippen LogP contribution in [0.15, 0.2) is 54.6 Å². The molecule has 1 amide bonds. The summed E-state index contributed by atoms with van der Waals surface area (Å²) in [6.45, 7) is 0. The largest absolute Gasteiger partial charge is 0.326 e. The summed E-state index contributed by atoms with van der Waals surface area (Å²) in [5.74, 6) is -0.479. The van der Waals surface area contributed by atoms with Crippen molar-refractivity contribution < 1.29 is 9.18 Å². The number of nitrogens with one attached hydrogen (secondary N) is 1. The second-order valence-electron chi connectivity index (χ2n) is 4.28. The molecule has 98 valence electrons. The molecule has 0 saturated carbocycles. The highest BCUT2D eigenvalue weighted by Gasteiger charge is 2.11. The van der Waals surface area contributed by atoms with Gasteiger partial charge in [-0.3, -0.25) is 4.79 Å². The Morgan fingerprint density at radius 1 is 1.11 bits per heavy atom. The number of nitrogens with two attached hydrogens (primary N) is 1. The number of para-hydroxylation sites is 1. The first-order chi connectivity index (χ1) is 9.15. The van der Waals surface area contributed by atoms with Crippen LogP contribution in [0.2, 0.25) is 0 Å². The second kappa shape index (κ2) is 6.11. The standard InChI is InChI=1S/C15H15FN2O/c16-12-8-6-11(7-9-12)14(17)10-15(19)18-13-4-2-1-3-5-13/h1-9,14H,10,17H2,(H,18,19)/t14-/m0/s1. The summed E-state index contributed by atoms with van der Waals surface area (Å²) < 4.78 is 12.8. The van der Waals surface area contributed by atoms with E-state index < -0.39 is 6.04 Å². The van der Waals surface area contributed by atoms with Gasteiger partial charge in [0.1, 0.15) is 5.82 Å². The van der Waals surface area contributed by atoms with E-state index in [0.717, 1.165) is 11.3 Å². The highest BCUT2D eigenvalue weighted by atomic mass is 19.1. The minimum Gasteiger partial charge on any atom is -0.326 e. The summed E-state index contributed by atoms with van der Waals surface area (Å²) in [5, 5.41) is 2.76. The summed E-state index contributed by atoms with van der Waals surface area (Å²) in [6.07, 6.45) is 0.153. The van der Waals surface area contributed by atoms with Gasteiger partial charge in [-0.2, -0.15) is 0 Å². The smallest absolute Gasteiger partial charge is 0.226 e. The number of carbonyl (C=O) groups excluding carboxylic acids is 1. The van der Waals surface area contributed by atoms with Gasteiger partial charge in [0, 0.05) is 18.2 Å². The van der Waals surface area contributed by atoms with Crippen LogP contribution in [0, 0.1) is 5.82 Å². The maximum Gasteiger partial charge on any atom is 0.226 e. The van der Waals surface area contributed by atoms with Crippen molar-refractivity contribution in [2.45, 2.75) is 12.5 Å². The Morgan fingerprint density at radius 3 is 2.37 bits per heavy atom. The maximum absolute atomic E-state index is 12.8. The van der Waals surface area contributed by atoms with Gasteiger partial charge in [-0.05, 0) is 29.8 Å². The van der Waals surface area contributed by atoms with E-state index in [2.05, 4.69) is 5.32 Å². The minimum atomic E-state index is -0.440. The Kier molecular flexibility index (Phi) is 4.26. The first kappa shape index (κ1) is 13.2. The predicted molar refractivity (Wildman–Crippen MR) is 73.0 cm³/mol. The van der Waals surface area contributed by atoms with Crippen LogP contribution >= 0.6 is 0 Å². The molecule has 0 heterocycles. The van der Waals surface area contributed by atoms with Gasteiger partial charge < -0.3 is 11.1 Å². The monoisotopic (exact) mass is 258 g/mol. The van der Waals surface area contributed by atoms with Crippen molar-refractivity contribution >= 4 is 11.6 Å². The fraction of sp³-hybridized carbons (Fsp3) is 0.133. The van der Waals surface area contributed by atoms with E-state index in [-0.39, 0.29) is 18.1 Å². The number of hydrogen-bond acceptors (Lipinski definition) is 2. The SMILES string of the molecule is N[C@@H](CC(=O)Nc1ccccc1)c1ccc(F)cc1. The van der Waals surface area contributed by atoms with Gasteiger partial charge in [0.25, 0.3) is 0 Å². The molecule has 2 aromatic rings. The van der Waals surface area contributed by atoms with E-state index in [1.807, 2.05) is 18.2 Å². The lowest BCUT2D eigenvalue weighted by Gasteiger charge is -2.12. The topological polar surface area (TPSA) is 55.1 Å². The van der Waals surface area contributed by atoms with E-state index in [1.165, 1.54) is 12.1 Å². The molecule has 4 heteroatoms. The molecule has 1 atom stereocenters. The van der Waals surface area contributed by atoms with Crippen LogP contribution in [0.4, 0.5) is 10.1 Å². The molecule has 2 rings (SSSR count). The molecular formula is C15H15FN2O. The maximum atomic E-state index is 12.8. The van der Waals surface area contributed by atoms with Crippen molar-refractivity contribution in [3.63, 3.8) is 0 Å². The summed E-state index contributed by atoms with van der Waals surface area (Å²) >= 11 is 0. The van der Waals surface area contributed by atoms with Crippen LogP contribution in [-0.4, -0.2) is 5.91 Å². The molecule has 19 heavy (non-hydrogen) atoms. The molecule has 0 aromatic heterocycles. The molecule has 0 fully saturated rings. The van der Waals surface area contributed by atoms with Crippen molar-refractivity contribution in [3.8, 4) is 0 Å². The number of benzene rings is 2. The number of rotatable bonds is 4. The predicted octanol–water partition coefficient (Wildman–Crippen LogP) is 2.85. The quantitative estimate of drug-likeness (QED) is 0.886. The lowest BCUT2D eigenvalue weighted by molar-refractivity contribution is -0.116. The van der Waals surface area contributed by atoms with E-state index in [4.69, 9.17) is 5.73 Å². The van der Waals surface area contributed by atoms with Gasteiger partial charge >= 0.3 is 0 Å². The van der Waals surface area contributed by atoms with Crippen LogP contribution in [0.3, 0.4) is 0 Å². The zero-order chi connectivity index (χ0) is 13.7. The van der Waals surface area contributed by atoms with Crippen molar-refractivity contribution in [1.29, 1.82) is 0 Å². The van der Waals surface area contributed by atoms with Crippen LogP contribution in [-0.2, 0) is 4.79 Å². The molecule has 0 spiro atoms. The Balaban J connectivity index is 1.93. The van der Waals surface area contributed by atoms with Crippen molar-refractivity contribution in [3.05, 3.63) is 66.0 Å². The summed E-state index contributed by atoms with van der Waals surface area (Å²) in [7, 11) is 0. The minimum absolute atomic E-state index is 0.153. The highest BCUT2D eigenvalue weighted by Crippen LogP contribution is 2.15. The summed E-state index contributed by atoms with van der Waals surface area (Å²) in [6, 6.07) is 14.6. The number of carbonyl (C=O) groups is 1. The fourth-order valence-corrected chi connectivity index (χ4v) is 1.76. The van der Waals surface area contributed by atoms with Crippen LogP contribution in [0.25, 0.3) is 0 Å². The molecule has 3 nitrogen and oxygen atoms in total. The molecule has 0 saturated heterocycles. The lowest BCUT2D eigenvalue weighted by Crippen LogP contribution is -2.20. The van der Waals surface area contributed by atoms with Crippen LogP contribution < -0.4 is 11.1 Å². The molecule has 0 aliphatic rings. The lowest BCUT2D eigenvalue weighted by atomic mass is 10.0. The molecule has 3 N–H and O–H groups in total. The molecule has 0 aliphatic heterocycles. The number of hydrogen-bond donors (Lipinski definition) is 2. The summed E-state index contributed by atoms with van der Waals surface area (Å²) in [5.41, 5.74) is 7.39. The number of anilines is 1. The van der Waals surface area contributed by atoms with Gasteiger partial charge in [-0.15, -0.1) is 0 Å². The highest BCUT2D eigenvalue weighted by molar-refractivity contribution is 5.91. The average molecular weight is 258 g/mol.